The van der Waals surface area contributed by atoms with Gasteiger partial charge in [-0.3, -0.25) is 4.90 Å². The Bertz CT molecular complexity index is 441. The van der Waals surface area contributed by atoms with Crippen LogP contribution in [0.25, 0.3) is 0 Å². The van der Waals surface area contributed by atoms with Crippen molar-refractivity contribution in [3.05, 3.63) is 29.3 Å². The van der Waals surface area contributed by atoms with Gasteiger partial charge in [-0.15, -0.1) is 0 Å². The molecule has 78 valence electrons. The third-order valence-electron chi connectivity index (χ3n) is 2.45. The standard InChI is InChI=1S/C10H9NO4/c12-9(13)7-1-2-8-6(5-7)3-4-11(8)10(14)15/h1-2,5H,3-4H2,(H,12,13)(H,14,15). The van der Waals surface area contributed by atoms with Gasteiger partial charge in [-0.25, -0.2) is 9.59 Å². The fourth-order valence-electron chi connectivity index (χ4n) is 1.73. The molecule has 5 heteroatoms. The van der Waals surface area contributed by atoms with Crippen molar-refractivity contribution >= 4 is 17.7 Å². The second-order valence-corrected chi connectivity index (χ2v) is 3.33. The van der Waals surface area contributed by atoms with E-state index in [4.69, 9.17) is 10.2 Å². The van der Waals surface area contributed by atoms with E-state index in [-0.39, 0.29) is 5.56 Å². The number of carboxylic acids is 1. The minimum atomic E-state index is -1.00. The zero-order valence-electron chi connectivity index (χ0n) is 7.80. The topological polar surface area (TPSA) is 77.8 Å². The van der Waals surface area contributed by atoms with Crippen molar-refractivity contribution in [1.29, 1.82) is 0 Å². The number of rotatable bonds is 1. The zero-order chi connectivity index (χ0) is 11.0. The van der Waals surface area contributed by atoms with Gasteiger partial charge in [0.1, 0.15) is 0 Å². The predicted octanol–water partition coefficient (Wildman–Crippen LogP) is 1.43. The van der Waals surface area contributed by atoms with Crippen LogP contribution >= 0.6 is 0 Å². The van der Waals surface area contributed by atoms with Gasteiger partial charge in [-0.1, -0.05) is 0 Å². The Morgan fingerprint density at radius 1 is 1.27 bits per heavy atom. The van der Waals surface area contributed by atoms with Gasteiger partial charge in [0.15, 0.2) is 0 Å². The second-order valence-electron chi connectivity index (χ2n) is 3.33. The summed E-state index contributed by atoms with van der Waals surface area (Å²) in [5.74, 6) is -0.994. The van der Waals surface area contributed by atoms with E-state index in [2.05, 4.69) is 0 Å². The van der Waals surface area contributed by atoms with Crippen molar-refractivity contribution in [3.63, 3.8) is 0 Å². The van der Waals surface area contributed by atoms with Crippen LogP contribution in [-0.4, -0.2) is 28.8 Å². The van der Waals surface area contributed by atoms with Crippen molar-refractivity contribution in [2.45, 2.75) is 6.42 Å². The van der Waals surface area contributed by atoms with E-state index in [0.29, 0.717) is 18.7 Å². The van der Waals surface area contributed by atoms with E-state index < -0.39 is 12.1 Å². The molecule has 0 saturated carbocycles. The maximum Gasteiger partial charge on any atom is 0.411 e. The van der Waals surface area contributed by atoms with Crippen molar-refractivity contribution in [3.8, 4) is 0 Å². The maximum absolute atomic E-state index is 10.8. The summed E-state index contributed by atoms with van der Waals surface area (Å²) in [6, 6.07) is 4.49. The number of fused-ring (bicyclic) bond motifs is 1. The molecular formula is C10H9NO4. The highest BCUT2D eigenvalue weighted by atomic mass is 16.4. The van der Waals surface area contributed by atoms with E-state index >= 15 is 0 Å². The molecule has 1 amide bonds. The zero-order valence-corrected chi connectivity index (χ0v) is 7.80. The Balaban J connectivity index is 2.42. The molecule has 0 fully saturated rings. The second kappa shape index (κ2) is 3.27. The molecule has 1 aromatic rings. The van der Waals surface area contributed by atoms with Crippen LogP contribution < -0.4 is 4.90 Å². The summed E-state index contributed by atoms with van der Waals surface area (Å²) in [5, 5.41) is 17.6. The predicted molar refractivity (Wildman–Crippen MR) is 52.5 cm³/mol. The van der Waals surface area contributed by atoms with Gasteiger partial charge >= 0.3 is 12.1 Å². The van der Waals surface area contributed by atoms with Crippen LogP contribution in [0.5, 0.6) is 0 Å². The monoisotopic (exact) mass is 207 g/mol. The van der Waals surface area contributed by atoms with Gasteiger partial charge in [-0.2, -0.15) is 0 Å². The first-order valence-electron chi connectivity index (χ1n) is 4.46. The van der Waals surface area contributed by atoms with Crippen LogP contribution in [0.4, 0.5) is 10.5 Å². The normalized spacial score (nSPS) is 13.7. The van der Waals surface area contributed by atoms with E-state index in [9.17, 15) is 9.59 Å². The number of carbonyl (C=O) groups is 2. The van der Waals surface area contributed by atoms with Gasteiger partial charge in [0.2, 0.25) is 0 Å². The highest BCUT2D eigenvalue weighted by Gasteiger charge is 2.24. The van der Waals surface area contributed by atoms with Gasteiger partial charge in [0.25, 0.3) is 0 Å². The molecule has 0 bridgehead atoms. The largest absolute Gasteiger partial charge is 0.478 e. The number of hydrogen-bond donors (Lipinski definition) is 2. The maximum atomic E-state index is 10.8. The van der Waals surface area contributed by atoms with E-state index in [1.165, 1.54) is 17.0 Å². The minimum Gasteiger partial charge on any atom is -0.478 e. The Labute approximate surface area is 85.6 Å². The summed E-state index contributed by atoms with van der Waals surface area (Å²) >= 11 is 0. The van der Waals surface area contributed by atoms with Crippen molar-refractivity contribution in [2.75, 3.05) is 11.4 Å². The lowest BCUT2D eigenvalue weighted by Crippen LogP contribution is -2.26. The first-order chi connectivity index (χ1) is 7.09. The molecule has 0 radical (unpaired) electrons. The molecule has 0 spiro atoms. The van der Waals surface area contributed by atoms with Crippen LogP contribution in [0.3, 0.4) is 0 Å². The quantitative estimate of drug-likeness (QED) is 0.730. The molecular weight excluding hydrogens is 198 g/mol. The molecule has 1 aromatic carbocycles. The summed E-state index contributed by atoms with van der Waals surface area (Å²) in [7, 11) is 0. The van der Waals surface area contributed by atoms with Crippen LogP contribution in [0.1, 0.15) is 15.9 Å². The minimum absolute atomic E-state index is 0.195. The molecule has 2 rings (SSSR count). The van der Waals surface area contributed by atoms with Crippen LogP contribution in [0.2, 0.25) is 0 Å². The Hall–Kier alpha value is -2.04. The number of carboxylic acid groups (broad SMARTS) is 2. The number of amides is 1. The number of hydrogen-bond acceptors (Lipinski definition) is 2. The molecule has 0 aromatic heterocycles. The SMILES string of the molecule is O=C(O)c1ccc2c(c1)CCN2C(=O)O. The number of benzene rings is 1. The van der Waals surface area contributed by atoms with Crippen molar-refractivity contribution in [1.82, 2.24) is 0 Å². The van der Waals surface area contributed by atoms with Gasteiger partial charge < -0.3 is 10.2 Å². The third-order valence-corrected chi connectivity index (χ3v) is 2.45. The van der Waals surface area contributed by atoms with E-state index in [1.807, 2.05) is 0 Å². The Kier molecular flexibility index (Phi) is 2.07. The number of nitrogens with zero attached hydrogens (tertiary/aromatic N) is 1. The molecule has 2 N–H and O–H groups in total. The summed E-state index contributed by atoms with van der Waals surface area (Å²) < 4.78 is 0. The number of aromatic carboxylic acids is 1. The summed E-state index contributed by atoms with van der Waals surface area (Å²) in [6.45, 7) is 0.397. The third kappa shape index (κ3) is 1.52. The lowest BCUT2D eigenvalue weighted by atomic mass is 10.1. The smallest absolute Gasteiger partial charge is 0.411 e. The fraction of sp³-hybridized carbons (Fsp3) is 0.200. The van der Waals surface area contributed by atoms with Gasteiger partial charge in [0.05, 0.1) is 11.3 Å². The molecule has 0 aliphatic carbocycles. The summed E-state index contributed by atoms with van der Waals surface area (Å²) in [6.07, 6.45) is -0.431. The van der Waals surface area contributed by atoms with Crippen molar-refractivity contribution < 1.29 is 19.8 Å². The van der Waals surface area contributed by atoms with Crippen LogP contribution in [-0.2, 0) is 6.42 Å². The highest BCUT2D eigenvalue weighted by Crippen LogP contribution is 2.28. The number of anilines is 1. The summed E-state index contributed by atoms with van der Waals surface area (Å²) in [4.78, 5) is 22.7. The molecule has 5 nitrogen and oxygen atoms in total. The van der Waals surface area contributed by atoms with Gasteiger partial charge in [0, 0.05) is 6.54 Å². The lowest BCUT2D eigenvalue weighted by Gasteiger charge is -2.12. The average Bonchev–Trinajstić information content (AvgIpc) is 2.59. The van der Waals surface area contributed by atoms with E-state index in [0.717, 1.165) is 5.56 Å². The lowest BCUT2D eigenvalue weighted by molar-refractivity contribution is 0.0697. The first kappa shape index (κ1) is 9.51. The summed E-state index contributed by atoms with van der Waals surface area (Å²) in [5.41, 5.74) is 1.56. The van der Waals surface area contributed by atoms with Gasteiger partial charge in [-0.05, 0) is 30.2 Å². The molecule has 1 aliphatic rings. The van der Waals surface area contributed by atoms with Crippen molar-refractivity contribution in [2.24, 2.45) is 0 Å². The first-order valence-corrected chi connectivity index (χ1v) is 4.46. The molecule has 0 atom stereocenters. The van der Waals surface area contributed by atoms with Crippen LogP contribution in [0.15, 0.2) is 18.2 Å². The highest BCUT2D eigenvalue weighted by molar-refractivity contribution is 5.92. The molecule has 1 aliphatic heterocycles. The molecule has 0 unspecified atom stereocenters. The molecule has 0 saturated heterocycles. The van der Waals surface area contributed by atoms with E-state index in [1.54, 1.807) is 6.07 Å². The Morgan fingerprint density at radius 3 is 2.60 bits per heavy atom. The fourth-order valence-corrected chi connectivity index (χ4v) is 1.73. The van der Waals surface area contributed by atoms with Crippen LogP contribution in [0, 0.1) is 0 Å². The average molecular weight is 207 g/mol. The Morgan fingerprint density at radius 2 is 2.00 bits per heavy atom. The molecule has 1 heterocycles. The molecule has 15 heavy (non-hydrogen) atoms.